The highest BCUT2D eigenvalue weighted by molar-refractivity contribution is 5.58. The lowest BCUT2D eigenvalue weighted by molar-refractivity contribution is -0.375. The summed E-state index contributed by atoms with van der Waals surface area (Å²) in [6.07, 6.45) is 2.58. The van der Waals surface area contributed by atoms with Gasteiger partial charge in [0.1, 0.15) is 0 Å². The zero-order chi connectivity index (χ0) is 11.4. The monoisotopic (exact) mass is 219 g/mol. The Labute approximate surface area is 93.7 Å². The van der Waals surface area contributed by atoms with Gasteiger partial charge in [0.2, 0.25) is 0 Å². The fourth-order valence-corrected chi connectivity index (χ4v) is 1.78. The van der Waals surface area contributed by atoms with Gasteiger partial charge in [-0.05, 0) is 24.6 Å². The Bertz CT molecular complexity index is 394. The molecule has 1 aromatic carbocycles. The van der Waals surface area contributed by atoms with Crippen LogP contribution in [0, 0.1) is 16.0 Å². The van der Waals surface area contributed by atoms with Crippen LogP contribution in [0.25, 0.3) is 5.70 Å². The van der Waals surface area contributed by atoms with Crippen molar-refractivity contribution in [1.82, 2.24) is 0 Å². The fraction of sp³-hybridized carbons (Fsp3) is 0.333. The molecule has 1 aromatic rings. The molecule has 0 N–H and O–H groups in total. The lowest BCUT2D eigenvalue weighted by Crippen LogP contribution is -2.03. The number of rotatable bonds is 3. The SMILES string of the molecule is O=[N+]([O-])C(=CC1CCOC1)c1ccccc1. The topological polar surface area (TPSA) is 52.4 Å². The minimum Gasteiger partial charge on any atom is -0.381 e. The third kappa shape index (κ3) is 2.46. The molecule has 84 valence electrons. The highest BCUT2D eigenvalue weighted by atomic mass is 16.6. The Morgan fingerprint density at radius 2 is 2.19 bits per heavy atom. The van der Waals surface area contributed by atoms with Crippen molar-refractivity contribution >= 4 is 5.70 Å². The zero-order valence-electron chi connectivity index (χ0n) is 8.83. The number of nitrogens with zero attached hydrogens (tertiary/aromatic N) is 1. The first-order valence-electron chi connectivity index (χ1n) is 5.27. The minimum absolute atomic E-state index is 0.167. The maximum atomic E-state index is 11.0. The van der Waals surface area contributed by atoms with E-state index in [0.717, 1.165) is 6.42 Å². The second-order valence-corrected chi connectivity index (χ2v) is 3.80. The van der Waals surface area contributed by atoms with Crippen molar-refractivity contribution in [2.75, 3.05) is 13.2 Å². The number of hydrogen-bond donors (Lipinski definition) is 0. The van der Waals surface area contributed by atoms with Gasteiger partial charge in [-0.25, -0.2) is 0 Å². The summed E-state index contributed by atoms with van der Waals surface area (Å²) < 4.78 is 5.21. The van der Waals surface area contributed by atoms with E-state index in [1.807, 2.05) is 6.07 Å². The number of ether oxygens (including phenoxy) is 1. The lowest BCUT2D eigenvalue weighted by Gasteiger charge is -2.02. The molecule has 1 heterocycles. The van der Waals surface area contributed by atoms with Crippen LogP contribution in [0.3, 0.4) is 0 Å². The third-order valence-electron chi connectivity index (χ3n) is 2.62. The second-order valence-electron chi connectivity index (χ2n) is 3.80. The molecule has 4 heteroatoms. The van der Waals surface area contributed by atoms with Gasteiger partial charge in [-0.1, -0.05) is 18.2 Å². The van der Waals surface area contributed by atoms with Gasteiger partial charge in [0.05, 0.1) is 17.1 Å². The van der Waals surface area contributed by atoms with Gasteiger partial charge in [0.15, 0.2) is 0 Å². The van der Waals surface area contributed by atoms with E-state index in [1.54, 1.807) is 30.3 Å². The van der Waals surface area contributed by atoms with Gasteiger partial charge in [-0.15, -0.1) is 0 Å². The van der Waals surface area contributed by atoms with Crippen molar-refractivity contribution in [2.24, 2.45) is 5.92 Å². The summed E-state index contributed by atoms with van der Waals surface area (Å²) in [6, 6.07) is 8.96. The fourth-order valence-electron chi connectivity index (χ4n) is 1.78. The quantitative estimate of drug-likeness (QED) is 0.579. The molecule has 0 saturated carbocycles. The molecular formula is C12H13NO3. The molecule has 1 fully saturated rings. The molecule has 0 amide bonds. The molecule has 0 aliphatic carbocycles. The largest absolute Gasteiger partial charge is 0.381 e. The van der Waals surface area contributed by atoms with Crippen LogP contribution in [0.5, 0.6) is 0 Å². The molecule has 0 aromatic heterocycles. The molecule has 1 atom stereocenters. The van der Waals surface area contributed by atoms with Crippen molar-refractivity contribution in [3.63, 3.8) is 0 Å². The highest BCUT2D eigenvalue weighted by Gasteiger charge is 2.20. The van der Waals surface area contributed by atoms with E-state index in [9.17, 15) is 10.1 Å². The maximum absolute atomic E-state index is 11.0. The van der Waals surface area contributed by atoms with Crippen molar-refractivity contribution in [3.05, 3.63) is 52.1 Å². The average molecular weight is 219 g/mol. The molecule has 2 rings (SSSR count). The van der Waals surface area contributed by atoms with E-state index in [2.05, 4.69) is 0 Å². The Kier molecular flexibility index (Phi) is 3.31. The maximum Gasteiger partial charge on any atom is 0.272 e. The van der Waals surface area contributed by atoms with E-state index in [0.29, 0.717) is 18.8 Å². The summed E-state index contributed by atoms with van der Waals surface area (Å²) in [5, 5.41) is 11.0. The summed E-state index contributed by atoms with van der Waals surface area (Å²) in [7, 11) is 0. The zero-order valence-corrected chi connectivity index (χ0v) is 8.83. The van der Waals surface area contributed by atoms with Crippen molar-refractivity contribution in [3.8, 4) is 0 Å². The Morgan fingerprint density at radius 3 is 2.75 bits per heavy atom. The Balaban J connectivity index is 2.26. The smallest absolute Gasteiger partial charge is 0.272 e. The normalized spacial score (nSPS) is 21.0. The summed E-state index contributed by atoms with van der Waals surface area (Å²) >= 11 is 0. The van der Waals surface area contributed by atoms with Crippen LogP contribution in [0.15, 0.2) is 36.4 Å². The van der Waals surface area contributed by atoms with Crippen LogP contribution in [0.1, 0.15) is 12.0 Å². The predicted molar refractivity (Wildman–Crippen MR) is 60.3 cm³/mol. The summed E-state index contributed by atoms with van der Waals surface area (Å²) in [5.41, 5.74) is 0.829. The standard InChI is InChI=1S/C12H13NO3/c14-13(15)12(8-10-6-7-16-9-10)11-4-2-1-3-5-11/h1-5,8,10H,6-7,9H2. The summed E-state index contributed by atoms with van der Waals surface area (Å²) in [4.78, 5) is 10.7. The highest BCUT2D eigenvalue weighted by Crippen LogP contribution is 2.21. The van der Waals surface area contributed by atoms with Crippen molar-refractivity contribution < 1.29 is 9.66 Å². The molecular weight excluding hydrogens is 206 g/mol. The molecule has 1 aliphatic heterocycles. The Morgan fingerprint density at radius 1 is 1.44 bits per heavy atom. The molecule has 1 unspecified atom stereocenters. The molecule has 1 saturated heterocycles. The van der Waals surface area contributed by atoms with Crippen LogP contribution >= 0.6 is 0 Å². The third-order valence-corrected chi connectivity index (χ3v) is 2.62. The molecule has 0 spiro atoms. The summed E-state index contributed by atoms with van der Waals surface area (Å²) in [5.74, 6) is 0.167. The van der Waals surface area contributed by atoms with Gasteiger partial charge in [-0.3, -0.25) is 10.1 Å². The molecule has 16 heavy (non-hydrogen) atoms. The second kappa shape index (κ2) is 4.90. The van der Waals surface area contributed by atoms with Gasteiger partial charge in [-0.2, -0.15) is 0 Å². The lowest BCUT2D eigenvalue weighted by atomic mass is 10.0. The first-order chi connectivity index (χ1) is 7.77. The van der Waals surface area contributed by atoms with E-state index >= 15 is 0 Å². The van der Waals surface area contributed by atoms with Crippen molar-refractivity contribution in [2.45, 2.75) is 6.42 Å². The van der Waals surface area contributed by atoms with Gasteiger partial charge >= 0.3 is 0 Å². The average Bonchev–Trinajstić information content (AvgIpc) is 2.79. The van der Waals surface area contributed by atoms with Crippen LogP contribution in [-0.2, 0) is 4.74 Å². The summed E-state index contributed by atoms with van der Waals surface area (Å²) in [6.45, 7) is 1.28. The Hall–Kier alpha value is -1.68. The number of hydrogen-bond acceptors (Lipinski definition) is 3. The first kappa shape index (κ1) is 10.8. The number of nitro groups is 1. The molecule has 0 radical (unpaired) electrons. The van der Waals surface area contributed by atoms with E-state index in [1.165, 1.54) is 0 Å². The van der Waals surface area contributed by atoms with Gasteiger partial charge in [0, 0.05) is 12.5 Å². The first-order valence-corrected chi connectivity index (χ1v) is 5.27. The van der Waals surface area contributed by atoms with Crippen LogP contribution in [-0.4, -0.2) is 18.1 Å². The molecule has 1 aliphatic rings. The predicted octanol–water partition coefficient (Wildman–Crippen LogP) is 2.34. The number of benzene rings is 1. The van der Waals surface area contributed by atoms with Crippen LogP contribution in [0.4, 0.5) is 0 Å². The molecule has 0 bridgehead atoms. The van der Waals surface area contributed by atoms with E-state index < -0.39 is 0 Å². The van der Waals surface area contributed by atoms with Crippen LogP contribution < -0.4 is 0 Å². The van der Waals surface area contributed by atoms with E-state index in [4.69, 9.17) is 4.74 Å². The van der Waals surface area contributed by atoms with Crippen LogP contribution in [0.2, 0.25) is 0 Å². The minimum atomic E-state index is -0.326. The van der Waals surface area contributed by atoms with Crippen molar-refractivity contribution in [1.29, 1.82) is 0 Å². The van der Waals surface area contributed by atoms with Gasteiger partial charge < -0.3 is 4.74 Å². The van der Waals surface area contributed by atoms with Gasteiger partial charge in [0.25, 0.3) is 5.70 Å². The van der Waals surface area contributed by atoms with E-state index in [-0.39, 0.29) is 16.5 Å². The molecule has 4 nitrogen and oxygen atoms in total.